The standard InChI is InChI=1S/C14H12F8OS/c15-9(10(16)11(17)13(18,19)14(20,21)22)6-7-24-12(23)8-4-2-1-3-5-8/h1-5,9-11H,6-7H2. The van der Waals surface area contributed by atoms with E-state index in [2.05, 4.69) is 0 Å². The Kier molecular flexibility index (Phi) is 7.06. The minimum Gasteiger partial charge on any atom is -0.282 e. The van der Waals surface area contributed by atoms with E-state index < -0.39 is 47.9 Å². The quantitative estimate of drug-likeness (QED) is 0.608. The monoisotopic (exact) mass is 380 g/mol. The van der Waals surface area contributed by atoms with Crippen molar-refractivity contribution in [2.75, 3.05) is 5.75 Å². The predicted octanol–water partition coefficient (Wildman–Crippen LogP) is 5.16. The molecule has 0 bridgehead atoms. The highest BCUT2D eigenvalue weighted by atomic mass is 32.2. The van der Waals surface area contributed by atoms with Crippen LogP contribution in [0.1, 0.15) is 16.8 Å². The van der Waals surface area contributed by atoms with Crippen LogP contribution >= 0.6 is 11.8 Å². The highest BCUT2D eigenvalue weighted by Gasteiger charge is 2.66. The summed E-state index contributed by atoms with van der Waals surface area (Å²) in [6.45, 7) is 0. The summed E-state index contributed by atoms with van der Waals surface area (Å²) in [5.41, 5.74) is 0.252. The molecule has 10 heteroatoms. The molecule has 1 nitrogen and oxygen atoms in total. The summed E-state index contributed by atoms with van der Waals surface area (Å²) in [5.74, 6) is -6.40. The Morgan fingerprint density at radius 1 is 1.00 bits per heavy atom. The lowest BCUT2D eigenvalue weighted by Crippen LogP contribution is -2.51. The number of benzene rings is 1. The van der Waals surface area contributed by atoms with Crippen LogP contribution in [0.4, 0.5) is 35.1 Å². The topological polar surface area (TPSA) is 17.1 Å². The summed E-state index contributed by atoms with van der Waals surface area (Å²) in [4.78, 5) is 11.6. The normalized spacial score (nSPS) is 16.5. The first-order valence-corrected chi connectivity index (χ1v) is 7.56. The average molecular weight is 380 g/mol. The van der Waals surface area contributed by atoms with Crippen LogP contribution in [0.15, 0.2) is 30.3 Å². The largest absolute Gasteiger partial charge is 0.456 e. The maximum atomic E-state index is 13.4. The van der Waals surface area contributed by atoms with E-state index in [0.29, 0.717) is 11.8 Å². The fourth-order valence-electron chi connectivity index (χ4n) is 1.62. The van der Waals surface area contributed by atoms with Gasteiger partial charge in [0.05, 0.1) is 0 Å². The van der Waals surface area contributed by atoms with E-state index in [1.807, 2.05) is 0 Å². The van der Waals surface area contributed by atoms with E-state index in [9.17, 15) is 39.9 Å². The van der Waals surface area contributed by atoms with E-state index in [-0.39, 0.29) is 5.56 Å². The summed E-state index contributed by atoms with van der Waals surface area (Å²) in [5, 5.41) is -0.518. The number of hydrogen-bond acceptors (Lipinski definition) is 2. The van der Waals surface area contributed by atoms with Gasteiger partial charge >= 0.3 is 12.1 Å². The Morgan fingerprint density at radius 3 is 2.04 bits per heavy atom. The van der Waals surface area contributed by atoms with Crippen LogP contribution in [0, 0.1) is 0 Å². The van der Waals surface area contributed by atoms with E-state index in [1.54, 1.807) is 18.2 Å². The van der Waals surface area contributed by atoms with E-state index in [0.717, 1.165) is 0 Å². The highest BCUT2D eigenvalue weighted by Crippen LogP contribution is 2.42. The van der Waals surface area contributed by atoms with Gasteiger partial charge in [-0.2, -0.15) is 22.0 Å². The Bertz CT molecular complexity index is 533. The van der Waals surface area contributed by atoms with Crippen molar-refractivity contribution in [2.45, 2.75) is 37.0 Å². The second kappa shape index (κ2) is 8.17. The maximum Gasteiger partial charge on any atom is 0.456 e. The van der Waals surface area contributed by atoms with Crippen molar-refractivity contribution >= 4 is 16.9 Å². The van der Waals surface area contributed by atoms with Gasteiger partial charge in [-0.05, 0) is 6.42 Å². The molecule has 0 saturated carbocycles. The molecular formula is C14H12F8OS. The van der Waals surface area contributed by atoms with Crippen molar-refractivity contribution < 1.29 is 39.9 Å². The number of alkyl halides is 8. The second-order valence-electron chi connectivity index (χ2n) is 4.77. The van der Waals surface area contributed by atoms with E-state index in [1.165, 1.54) is 12.1 Å². The molecule has 0 N–H and O–H groups in total. The Labute approximate surface area is 136 Å². The summed E-state index contributed by atoms with van der Waals surface area (Å²) >= 11 is 0.522. The molecule has 3 atom stereocenters. The molecule has 0 aliphatic rings. The minimum absolute atomic E-state index is 0.252. The smallest absolute Gasteiger partial charge is 0.282 e. The molecule has 0 saturated heterocycles. The van der Waals surface area contributed by atoms with Gasteiger partial charge in [-0.1, -0.05) is 42.1 Å². The van der Waals surface area contributed by atoms with Gasteiger partial charge < -0.3 is 0 Å². The van der Waals surface area contributed by atoms with Crippen molar-refractivity contribution in [3.8, 4) is 0 Å². The molecule has 136 valence electrons. The van der Waals surface area contributed by atoms with Gasteiger partial charge in [0.2, 0.25) is 11.3 Å². The van der Waals surface area contributed by atoms with Crippen molar-refractivity contribution in [3.63, 3.8) is 0 Å². The molecule has 1 aromatic carbocycles. The van der Waals surface area contributed by atoms with Crippen molar-refractivity contribution in [3.05, 3.63) is 35.9 Å². The fourth-order valence-corrected chi connectivity index (χ4v) is 2.45. The van der Waals surface area contributed by atoms with Crippen LogP contribution < -0.4 is 0 Å². The molecule has 0 aliphatic heterocycles. The van der Waals surface area contributed by atoms with E-state index in [4.69, 9.17) is 0 Å². The van der Waals surface area contributed by atoms with Crippen LogP contribution in [0.2, 0.25) is 0 Å². The molecule has 1 rings (SSSR count). The number of carbonyl (C=O) groups is 1. The maximum absolute atomic E-state index is 13.4. The molecule has 0 radical (unpaired) electrons. The lowest BCUT2D eigenvalue weighted by Gasteiger charge is -2.26. The summed E-state index contributed by atoms with van der Waals surface area (Å²) in [6, 6.07) is 7.63. The first-order chi connectivity index (χ1) is 11.0. The summed E-state index contributed by atoms with van der Waals surface area (Å²) < 4.78 is 101. The zero-order valence-corrected chi connectivity index (χ0v) is 12.7. The molecule has 0 fully saturated rings. The molecular weight excluding hydrogens is 368 g/mol. The van der Waals surface area contributed by atoms with Crippen LogP contribution in [-0.4, -0.2) is 41.5 Å². The summed E-state index contributed by atoms with van der Waals surface area (Å²) in [6.07, 6.45) is -18.1. The molecule has 1 aromatic rings. The number of rotatable bonds is 7. The Hall–Kier alpha value is -1.32. The first-order valence-electron chi connectivity index (χ1n) is 6.57. The molecule has 24 heavy (non-hydrogen) atoms. The lowest BCUT2D eigenvalue weighted by molar-refractivity contribution is -0.311. The average Bonchev–Trinajstić information content (AvgIpc) is 2.52. The van der Waals surface area contributed by atoms with Crippen molar-refractivity contribution in [1.82, 2.24) is 0 Å². The van der Waals surface area contributed by atoms with Gasteiger partial charge in [-0.3, -0.25) is 4.79 Å². The zero-order chi connectivity index (χ0) is 18.5. The SMILES string of the molecule is O=C(SCCC(F)C(F)C(F)C(F)(F)C(F)(F)F)c1ccccc1. The Balaban J connectivity index is 2.53. The fraction of sp³-hybridized carbons (Fsp3) is 0.500. The number of thioether (sulfide) groups is 1. The molecule has 0 heterocycles. The first kappa shape index (κ1) is 20.7. The van der Waals surface area contributed by atoms with Gasteiger partial charge in [0, 0.05) is 11.3 Å². The predicted molar refractivity (Wildman–Crippen MR) is 73.5 cm³/mol. The van der Waals surface area contributed by atoms with Gasteiger partial charge in [0.25, 0.3) is 0 Å². The van der Waals surface area contributed by atoms with Gasteiger partial charge in [0.1, 0.15) is 6.17 Å². The van der Waals surface area contributed by atoms with Crippen LogP contribution in [0.5, 0.6) is 0 Å². The third kappa shape index (κ3) is 5.09. The van der Waals surface area contributed by atoms with Gasteiger partial charge in [-0.25, -0.2) is 13.2 Å². The molecule has 0 aromatic heterocycles. The lowest BCUT2D eigenvalue weighted by atomic mass is 10.0. The number of halogens is 8. The summed E-state index contributed by atoms with van der Waals surface area (Å²) in [7, 11) is 0. The van der Waals surface area contributed by atoms with Crippen molar-refractivity contribution in [2.24, 2.45) is 0 Å². The van der Waals surface area contributed by atoms with Crippen LogP contribution in [0.25, 0.3) is 0 Å². The minimum atomic E-state index is -6.32. The zero-order valence-electron chi connectivity index (χ0n) is 11.9. The van der Waals surface area contributed by atoms with Crippen LogP contribution in [-0.2, 0) is 0 Å². The third-order valence-corrected chi connectivity index (χ3v) is 3.92. The van der Waals surface area contributed by atoms with E-state index >= 15 is 0 Å². The number of carbonyl (C=O) groups excluding carboxylic acids is 1. The number of hydrogen-bond donors (Lipinski definition) is 0. The second-order valence-corrected chi connectivity index (χ2v) is 5.84. The van der Waals surface area contributed by atoms with Gasteiger partial charge in [0.15, 0.2) is 6.17 Å². The molecule has 0 aliphatic carbocycles. The Morgan fingerprint density at radius 2 is 1.54 bits per heavy atom. The molecule has 0 amide bonds. The third-order valence-electron chi connectivity index (χ3n) is 2.99. The van der Waals surface area contributed by atoms with Gasteiger partial charge in [-0.15, -0.1) is 0 Å². The molecule has 0 spiro atoms. The van der Waals surface area contributed by atoms with Crippen molar-refractivity contribution in [1.29, 1.82) is 0 Å². The highest BCUT2D eigenvalue weighted by molar-refractivity contribution is 8.14. The van der Waals surface area contributed by atoms with Crippen LogP contribution in [0.3, 0.4) is 0 Å². The molecule has 3 unspecified atom stereocenters.